The van der Waals surface area contributed by atoms with Gasteiger partial charge in [-0.15, -0.1) is 0 Å². The Labute approximate surface area is 163 Å². The fraction of sp³-hybridized carbons (Fsp3) is 0.350. The Hall–Kier alpha value is -1.75. The van der Waals surface area contributed by atoms with Crippen molar-refractivity contribution in [3.8, 4) is 5.75 Å². The van der Waals surface area contributed by atoms with E-state index in [2.05, 4.69) is 12.1 Å². The summed E-state index contributed by atoms with van der Waals surface area (Å²) in [4.78, 5) is 14.5. The van der Waals surface area contributed by atoms with Crippen LogP contribution in [0.15, 0.2) is 48.5 Å². The fourth-order valence-corrected chi connectivity index (χ4v) is 3.85. The van der Waals surface area contributed by atoms with Gasteiger partial charge in [0.05, 0.1) is 18.1 Å². The number of likely N-dealkylation sites (tertiary alicyclic amines) is 1. The first-order valence-corrected chi connectivity index (χ1v) is 9.44. The molecule has 1 aliphatic rings. The molecule has 2 N–H and O–H groups in total. The van der Waals surface area contributed by atoms with E-state index in [4.69, 9.17) is 33.7 Å². The van der Waals surface area contributed by atoms with E-state index in [1.165, 1.54) is 5.56 Å². The molecule has 0 aliphatic carbocycles. The van der Waals surface area contributed by atoms with Crippen molar-refractivity contribution in [1.82, 2.24) is 4.90 Å². The van der Waals surface area contributed by atoms with Crippen molar-refractivity contribution in [3.63, 3.8) is 0 Å². The van der Waals surface area contributed by atoms with Crippen molar-refractivity contribution in [2.45, 2.75) is 12.3 Å². The molecule has 2 atom stereocenters. The smallest absolute Gasteiger partial charge is 0.226 e. The quantitative estimate of drug-likeness (QED) is 0.808. The summed E-state index contributed by atoms with van der Waals surface area (Å²) in [7, 11) is 0. The Bertz CT molecular complexity index is 755. The largest absolute Gasteiger partial charge is 0.491 e. The zero-order chi connectivity index (χ0) is 18.5. The molecule has 4 nitrogen and oxygen atoms in total. The van der Waals surface area contributed by atoms with Crippen LogP contribution >= 0.6 is 23.2 Å². The topological polar surface area (TPSA) is 55.6 Å². The summed E-state index contributed by atoms with van der Waals surface area (Å²) in [5.74, 6) is 1.18. The van der Waals surface area contributed by atoms with E-state index < -0.39 is 0 Å². The maximum Gasteiger partial charge on any atom is 0.226 e. The van der Waals surface area contributed by atoms with Gasteiger partial charge in [-0.05, 0) is 36.2 Å². The van der Waals surface area contributed by atoms with Crippen LogP contribution in [0.1, 0.15) is 17.9 Å². The third kappa shape index (κ3) is 4.50. The number of ether oxygens (including phenoxy) is 1. The summed E-state index contributed by atoms with van der Waals surface area (Å²) in [5, 5.41) is 0.994. The van der Waals surface area contributed by atoms with Crippen molar-refractivity contribution in [2.24, 2.45) is 11.7 Å². The highest BCUT2D eigenvalue weighted by Gasteiger charge is 2.34. The number of carbonyl (C=O) groups excluding carboxylic acids is 1. The lowest BCUT2D eigenvalue weighted by atomic mass is 9.89. The van der Waals surface area contributed by atoms with E-state index in [1.54, 1.807) is 18.2 Å². The molecule has 0 bridgehead atoms. The van der Waals surface area contributed by atoms with Gasteiger partial charge in [0.25, 0.3) is 0 Å². The van der Waals surface area contributed by atoms with Gasteiger partial charge in [0.2, 0.25) is 5.91 Å². The van der Waals surface area contributed by atoms with Gasteiger partial charge >= 0.3 is 0 Å². The normalized spacial score (nSPS) is 19.6. The van der Waals surface area contributed by atoms with Crippen LogP contribution < -0.4 is 10.5 Å². The molecule has 1 aliphatic heterocycles. The molecule has 0 aromatic heterocycles. The van der Waals surface area contributed by atoms with Gasteiger partial charge in [-0.2, -0.15) is 0 Å². The Morgan fingerprint density at radius 1 is 1.15 bits per heavy atom. The number of rotatable bonds is 6. The molecule has 0 radical (unpaired) electrons. The minimum absolute atomic E-state index is 0.0759. The van der Waals surface area contributed by atoms with Crippen LogP contribution in [0.25, 0.3) is 0 Å². The first-order chi connectivity index (χ1) is 12.6. The van der Waals surface area contributed by atoms with E-state index in [9.17, 15) is 4.79 Å². The van der Waals surface area contributed by atoms with E-state index in [-0.39, 0.29) is 24.3 Å². The predicted octanol–water partition coefficient (Wildman–Crippen LogP) is 3.96. The Morgan fingerprint density at radius 2 is 1.92 bits per heavy atom. The van der Waals surface area contributed by atoms with Crippen molar-refractivity contribution in [1.29, 1.82) is 0 Å². The standard InChI is InChI=1S/C20H22Cl2N2O2/c21-16-6-7-19(18(22)10-16)26-9-8-20(25)24-12-15(11-23)17(13-24)14-4-2-1-3-5-14/h1-7,10,15,17H,8-9,11-13,23H2/t15-,17+/m1/s1. The van der Waals surface area contributed by atoms with Crippen molar-refractivity contribution >= 4 is 29.1 Å². The summed E-state index contributed by atoms with van der Waals surface area (Å²) in [6.07, 6.45) is 0.303. The summed E-state index contributed by atoms with van der Waals surface area (Å²) in [6.45, 7) is 2.24. The molecule has 6 heteroatoms. The molecule has 2 aromatic carbocycles. The molecule has 2 aromatic rings. The number of hydrogen-bond donors (Lipinski definition) is 1. The van der Waals surface area contributed by atoms with Gasteiger partial charge < -0.3 is 15.4 Å². The number of nitrogens with zero attached hydrogens (tertiary/aromatic N) is 1. The monoisotopic (exact) mass is 392 g/mol. The lowest BCUT2D eigenvalue weighted by Crippen LogP contribution is -2.30. The highest BCUT2D eigenvalue weighted by molar-refractivity contribution is 6.35. The van der Waals surface area contributed by atoms with Crippen LogP contribution in [0.2, 0.25) is 10.0 Å². The van der Waals surface area contributed by atoms with Gasteiger partial charge in [0, 0.05) is 24.0 Å². The predicted molar refractivity (Wildman–Crippen MR) is 105 cm³/mol. The summed E-state index contributed by atoms with van der Waals surface area (Å²) < 4.78 is 5.62. The summed E-state index contributed by atoms with van der Waals surface area (Å²) in [6, 6.07) is 15.3. The second-order valence-electron chi connectivity index (χ2n) is 6.48. The minimum Gasteiger partial charge on any atom is -0.491 e. The minimum atomic E-state index is 0.0759. The number of nitrogens with two attached hydrogens (primary N) is 1. The first kappa shape index (κ1) is 19.0. The van der Waals surface area contributed by atoms with Gasteiger partial charge in [-0.3, -0.25) is 4.79 Å². The third-order valence-corrected chi connectivity index (χ3v) is 5.32. The first-order valence-electron chi connectivity index (χ1n) is 8.69. The molecule has 3 rings (SSSR count). The Balaban J connectivity index is 1.55. The zero-order valence-electron chi connectivity index (χ0n) is 14.4. The number of amides is 1. The summed E-state index contributed by atoms with van der Waals surface area (Å²) >= 11 is 11.9. The van der Waals surface area contributed by atoms with Crippen LogP contribution in [0, 0.1) is 5.92 Å². The maximum absolute atomic E-state index is 12.6. The number of halogens is 2. The van der Waals surface area contributed by atoms with E-state index in [1.807, 2.05) is 23.1 Å². The van der Waals surface area contributed by atoms with E-state index in [0.29, 0.717) is 41.8 Å². The molecule has 0 spiro atoms. The van der Waals surface area contributed by atoms with Gasteiger partial charge in [0.15, 0.2) is 0 Å². The second kappa shape index (κ2) is 8.76. The number of hydrogen-bond acceptors (Lipinski definition) is 3. The Morgan fingerprint density at radius 3 is 2.62 bits per heavy atom. The van der Waals surface area contributed by atoms with Crippen molar-refractivity contribution in [2.75, 3.05) is 26.2 Å². The number of carbonyl (C=O) groups is 1. The SMILES string of the molecule is NC[C@@H]1CN(C(=O)CCOc2ccc(Cl)cc2Cl)C[C@H]1c1ccccc1. The zero-order valence-corrected chi connectivity index (χ0v) is 15.9. The lowest BCUT2D eigenvalue weighted by molar-refractivity contribution is -0.130. The van der Waals surface area contributed by atoms with Crippen LogP contribution in [-0.2, 0) is 4.79 Å². The molecule has 1 saturated heterocycles. The molecule has 26 heavy (non-hydrogen) atoms. The average Bonchev–Trinajstić information content (AvgIpc) is 3.09. The van der Waals surface area contributed by atoms with E-state index >= 15 is 0 Å². The van der Waals surface area contributed by atoms with Crippen LogP contribution in [-0.4, -0.2) is 37.0 Å². The lowest BCUT2D eigenvalue weighted by Gasteiger charge is -2.17. The molecule has 1 fully saturated rings. The molecule has 1 amide bonds. The van der Waals surface area contributed by atoms with Gasteiger partial charge in [-0.25, -0.2) is 0 Å². The maximum atomic E-state index is 12.6. The molecular formula is C20H22Cl2N2O2. The average molecular weight is 393 g/mol. The molecule has 0 unspecified atom stereocenters. The van der Waals surface area contributed by atoms with Gasteiger partial charge in [0.1, 0.15) is 5.75 Å². The molecule has 1 heterocycles. The third-order valence-electron chi connectivity index (χ3n) is 4.79. The highest BCUT2D eigenvalue weighted by atomic mass is 35.5. The summed E-state index contributed by atoms with van der Waals surface area (Å²) in [5.41, 5.74) is 7.18. The van der Waals surface area contributed by atoms with Crippen LogP contribution in [0.4, 0.5) is 0 Å². The second-order valence-corrected chi connectivity index (χ2v) is 7.33. The fourth-order valence-electron chi connectivity index (χ4n) is 3.39. The van der Waals surface area contributed by atoms with Crippen LogP contribution in [0.3, 0.4) is 0 Å². The van der Waals surface area contributed by atoms with E-state index in [0.717, 1.165) is 0 Å². The molecular weight excluding hydrogens is 371 g/mol. The van der Waals surface area contributed by atoms with Crippen molar-refractivity contribution < 1.29 is 9.53 Å². The van der Waals surface area contributed by atoms with Gasteiger partial charge in [-0.1, -0.05) is 53.5 Å². The van der Waals surface area contributed by atoms with Crippen molar-refractivity contribution in [3.05, 3.63) is 64.1 Å². The number of benzene rings is 2. The molecule has 138 valence electrons. The molecule has 0 saturated carbocycles. The van der Waals surface area contributed by atoms with Crippen LogP contribution in [0.5, 0.6) is 5.75 Å². The Kier molecular flexibility index (Phi) is 6.41. The highest BCUT2D eigenvalue weighted by Crippen LogP contribution is 2.32.